The Kier molecular flexibility index (Phi) is 6.48. The fraction of sp³-hybridized carbons (Fsp3) is 0.714. The van der Waals surface area contributed by atoms with Crippen LogP contribution in [-0.2, 0) is 14.2 Å². The summed E-state index contributed by atoms with van der Waals surface area (Å²) in [6, 6.07) is 0. The second-order valence-electron chi connectivity index (χ2n) is 1.72. The van der Waals surface area contributed by atoms with Crippen molar-refractivity contribution in [2.45, 2.75) is 6.29 Å². The van der Waals surface area contributed by atoms with Crippen molar-refractivity contribution in [2.24, 2.45) is 0 Å². The normalized spacial score (nSPS) is 11.6. The van der Waals surface area contributed by atoms with Crippen LogP contribution in [0.3, 0.4) is 0 Å². The molecule has 0 radical (unpaired) electrons. The molecule has 60 valence electrons. The van der Waals surface area contributed by atoms with Gasteiger partial charge in [-0.1, -0.05) is 6.08 Å². The first-order valence-electron chi connectivity index (χ1n) is 3.06. The summed E-state index contributed by atoms with van der Waals surface area (Å²) in [5.74, 6) is 0. The summed E-state index contributed by atoms with van der Waals surface area (Å²) in [5, 5.41) is 0. The van der Waals surface area contributed by atoms with Gasteiger partial charge in [-0.3, -0.25) is 0 Å². The summed E-state index contributed by atoms with van der Waals surface area (Å²) < 4.78 is 14.5. The van der Waals surface area contributed by atoms with Gasteiger partial charge in [0.1, 0.15) is 0 Å². The third-order valence-corrected chi connectivity index (χ3v) is 1.02. The molecule has 0 amide bonds. The van der Waals surface area contributed by atoms with E-state index in [4.69, 9.17) is 14.2 Å². The van der Waals surface area contributed by atoms with Gasteiger partial charge >= 0.3 is 0 Å². The molecule has 0 spiro atoms. The molecular weight excluding hydrogens is 132 g/mol. The third-order valence-electron chi connectivity index (χ3n) is 1.02. The van der Waals surface area contributed by atoms with Gasteiger partial charge in [0.25, 0.3) is 0 Å². The molecule has 0 saturated carbocycles. The van der Waals surface area contributed by atoms with Crippen LogP contribution in [0, 0.1) is 0 Å². The molecule has 0 aromatic heterocycles. The van der Waals surface area contributed by atoms with Crippen LogP contribution in [-0.4, -0.2) is 34.2 Å². The van der Waals surface area contributed by atoms with Crippen LogP contribution in [0.5, 0.6) is 0 Å². The van der Waals surface area contributed by atoms with Crippen molar-refractivity contribution < 1.29 is 14.2 Å². The Morgan fingerprint density at radius 2 is 1.80 bits per heavy atom. The minimum absolute atomic E-state index is 0.254. The maximum atomic E-state index is 4.88. The second kappa shape index (κ2) is 6.74. The van der Waals surface area contributed by atoms with Crippen molar-refractivity contribution in [2.75, 3.05) is 27.9 Å². The molecule has 0 aromatic carbocycles. The lowest BCUT2D eigenvalue weighted by Gasteiger charge is -2.06. The molecule has 10 heavy (non-hydrogen) atoms. The zero-order chi connectivity index (χ0) is 7.82. The van der Waals surface area contributed by atoms with E-state index in [9.17, 15) is 0 Å². The number of rotatable bonds is 5. The topological polar surface area (TPSA) is 27.7 Å². The van der Waals surface area contributed by atoms with Crippen LogP contribution in [0.4, 0.5) is 0 Å². The Labute approximate surface area is 61.6 Å². The predicted octanol–water partition coefficient (Wildman–Crippen LogP) is 0.808. The highest BCUT2D eigenvalue weighted by Crippen LogP contribution is 1.91. The van der Waals surface area contributed by atoms with Gasteiger partial charge in [0.15, 0.2) is 6.29 Å². The van der Waals surface area contributed by atoms with Gasteiger partial charge in [-0.15, -0.1) is 0 Å². The summed E-state index contributed by atoms with van der Waals surface area (Å²) in [6.07, 6.45) is 3.39. The molecule has 0 aromatic rings. The summed E-state index contributed by atoms with van der Waals surface area (Å²) in [5.41, 5.74) is 0. The lowest BCUT2D eigenvalue weighted by Crippen LogP contribution is -2.08. The summed E-state index contributed by atoms with van der Waals surface area (Å²) in [7, 11) is 4.82. The number of ether oxygens (including phenoxy) is 3. The van der Waals surface area contributed by atoms with E-state index in [1.807, 2.05) is 6.08 Å². The molecule has 0 fully saturated rings. The molecule has 0 saturated heterocycles. The Morgan fingerprint density at radius 1 is 1.20 bits per heavy atom. The highest BCUT2D eigenvalue weighted by atomic mass is 16.7. The van der Waals surface area contributed by atoms with Crippen molar-refractivity contribution in [3.63, 3.8) is 0 Å². The van der Waals surface area contributed by atoms with Gasteiger partial charge in [0.2, 0.25) is 0 Å². The van der Waals surface area contributed by atoms with Gasteiger partial charge < -0.3 is 14.2 Å². The maximum Gasteiger partial charge on any atom is 0.176 e. The molecule has 0 N–H and O–H groups in total. The van der Waals surface area contributed by atoms with Crippen molar-refractivity contribution >= 4 is 0 Å². The third kappa shape index (κ3) is 4.49. The van der Waals surface area contributed by atoms with Gasteiger partial charge in [0, 0.05) is 21.3 Å². The summed E-state index contributed by atoms with van der Waals surface area (Å²) in [4.78, 5) is 0. The molecule has 3 heteroatoms. The van der Waals surface area contributed by atoms with E-state index in [0.29, 0.717) is 6.61 Å². The predicted molar refractivity (Wildman–Crippen MR) is 38.8 cm³/mol. The first-order valence-corrected chi connectivity index (χ1v) is 3.06. The highest BCUT2D eigenvalue weighted by Gasteiger charge is 1.95. The number of hydrogen-bond acceptors (Lipinski definition) is 3. The minimum atomic E-state index is -0.254. The van der Waals surface area contributed by atoms with Gasteiger partial charge in [0.05, 0.1) is 6.61 Å². The Hall–Kier alpha value is -0.380. The Bertz CT molecular complexity index is 86.9. The zero-order valence-electron chi connectivity index (χ0n) is 6.66. The maximum absolute atomic E-state index is 4.88. The fourth-order valence-electron chi connectivity index (χ4n) is 0.516. The smallest absolute Gasteiger partial charge is 0.176 e. The van der Waals surface area contributed by atoms with Crippen LogP contribution >= 0.6 is 0 Å². The van der Waals surface area contributed by atoms with Gasteiger partial charge in [-0.25, -0.2) is 0 Å². The van der Waals surface area contributed by atoms with Crippen molar-refractivity contribution in [1.82, 2.24) is 0 Å². The highest BCUT2D eigenvalue weighted by molar-refractivity contribution is 4.84. The first-order chi connectivity index (χ1) is 4.85. The van der Waals surface area contributed by atoms with E-state index in [1.54, 1.807) is 27.4 Å². The van der Waals surface area contributed by atoms with E-state index in [1.165, 1.54) is 0 Å². The summed E-state index contributed by atoms with van der Waals surface area (Å²) >= 11 is 0. The van der Waals surface area contributed by atoms with E-state index in [-0.39, 0.29) is 6.29 Å². The SMILES string of the molecule is COCC=CC(OC)OC. The molecule has 0 aliphatic heterocycles. The Morgan fingerprint density at radius 3 is 2.20 bits per heavy atom. The molecule has 0 aliphatic rings. The van der Waals surface area contributed by atoms with Crippen LogP contribution in [0.1, 0.15) is 0 Å². The van der Waals surface area contributed by atoms with E-state index in [2.05, 4.69) is 0 Å². The fourth-order valence-corrected chi connectivity index (χ4v) is 0.516. The van der Waals surface area contributed by atoms with Crippen LogP contribution in [0.25, 0.3) is 0 Å². The summed E-state index contributed by atoms with van der Waals surface area (Å²) in [6.45, 7) is 0.587. The molecule has 0 heterocycles. The second-order valence-corrected chi connectivity index (χ2v) is 1.72. The van der Waals surface area contributed by atoms with Gasteiger partial charge in [-0.2, -0.15) is 0 Å². The number of methoxy groups -OCH3 is 3. The first kappa shape index (κ1) is 9.62. The quantitative estimate of drug-likeness (QED) is 0.424. The van der Waals surface area contributed by atoms with Gasteiger partial charge in [-0.05, 0) is 6.08 Å². The lowest BCUT2D eigenvalue weighted by atomic mass is 10.5. The molecule has 0 bridgehead atoms. The van der Waals surface area contributed by atoms with E-state index >= 15 is 0 Å². The zero-order valence-corrected chi connectivity index (χ0v) is 6.66. The number of hydrogen-bond donors (Lipinski definition) is 0. The Balaban J connectivity index is 3.40. The lowest BCUT2D eigenvalue weighted by molar-refractivity contribution is -0.0669. The van der Waals surface area contributed by atoms with Crippen molar-refractivity contribution in [3.05, 3.63) is 12.2 Å². The molecule has 0 atom stereocenters. The standard InChI is InChI=1S/C7H14O3/c1-8-6-4-5-7(9-2)10-3/h4-5,7H,6H2,1-3H3. The van der Waals surface area contributed by atoms with Crippen LogP contribution in [0.2, 0.25) is 0 Å². The van der Waals surface area contributed by atoms with Crippen molar-refractivity contribution in [1.29, 1.82) is 0 Å². The molecule has 0 unspecified atom stereocenters. The van der Waals surface area contributed by atoms with E-state index in [0.717, 1.165) is 0 Å². The van der Waals surface area contributed by atoms with Crippen molar-refractivity contribution in [3.8, 4) is 0 Å². The molecule has 0 rings (SSSR count). The van der Waals surface area contributed by atoms with Crippen LogP contribution < -0.4 is 0 Å². The molecule has 0 aliphatic carbocycles. The minimum Gasteiger partial charge on any atom is -0.381 e. The average molecular weight is 146 g/mol. The average Bonchev–Trinajstić information content (AvgIpc) is 1.99. The van der Waals surface area contributed by atoms with E-state index < -0.39 is 0 Å². The van der Waals surface area contributed by atoms with Crippen LogP contribution in [0.15, 0.2) is 12.2 Å². The molecular formula is C7H14O3. The monoisotopic (exact) mass is 146 g/mol. The largest absolute Gasteiger partial charge is 0.381 e. The molecule has 3 nitrogen and oxygen atoms in total.